The number of thiocarbonyl (C=S) groups is 1. The molecule has 1 aliphatic carbocycles. The molecule has 2 atom stereocenters. The molecule has 1 fully saturated rings. The Morgan fingerprint density at radius 3 is 2.36 bits per heavy atom. The second kappa shape index (κ2) is 21.4. The summed E-state index contributed by atoms with van der Waals surface area (Å²) < 4.78 is 6.39. The number of benzene rings is 1. The van der Waals surface area contributed by atoms with Crippen molar-refractivity contribution in [3.63, 3.8) is 0 Å². The van der Waals surface area contributed by atoms with Crippen molar-refractivity contribution in [3.8, 4) is 0 Å². The van der Waals surface area contributed by atoms with Crippen LogP contribution in [0, 0.1) is 11.8 Å². The Kier molecular flexibility index (Phi) is 20.1. The first-order chi connectivity index (χ1) is 19.0. The van der Waals surface area contributed by atoms with Crippen molar-refractivity contribution in [2.24, 2.45) is 11.8 Å². The van der Waals surface area contributed by atoms with Crippen molar-refractivity contribution in [3.05, 3.63) is 64.8 Å². The van der Waals surface area contributed by atoms with Gasteiger partial charge in [0.05, 0.1) is 0 Å². The lowest BCUT2D eigenvalue weighted by Gasteiger charge is -2.20. The summed E-state index contributed by atoms with van der Waals surface area (Å²) >= 11 is 3.83. The van der Waals surface area contributed by atoms with Crippen LogP contribution in [0.25, 0.3) is 0 Å². The summed E-state index contributed by atoms with van der Waals surface area (Å²) in [6.45, 7) is 21.1. The molecule has 0 radical (unpaired) electrons. The summed E-state index contributed by atoms with van der Waals surface area (Å²) in [7, 11) is 0. The van der Waals surface area contributed by atoms with E-state index in [1.165, 1.54) is 16.8 Å². The van der Waals surface area contributed by atoms with E-state index in [1.807, 2.05) is 27.7 Å². The normalized spacial score (nSPS) is 16.8. The van der Waals surface area contributed by atoms with Gasteiger partial charge in [-0.15, -0.1) is 0 Å². The van der Waals surface area contributed by atoms with Gasteiger partial charge >= 0.3 is 0 Å². The van der Waals surface area contributed by atoms with E-state index in [0.717, 1.165) is 68.0 Å². The van der Waals surface area contributed by atoms with Crippen molar-refractivity contribution in [1.29, 1.82) is 0 Å². The third-order valence-corrected chi connectivity index (χ3v) is 6.75. The van der Waals surface area contributed by atoms with Crippen LogP contribution in [0.3, 0.4) is 0 Å². The monoisotopic (exact) mass is 555 g/mol. The van der Waals surface area contributed by atoms with Crippen LogP contribution in [0.1, 0.15) is 124 Å². The highest BCUT2D eigenvalue weighted by atomic mass is 32.1. The van der Waals surface area contributed by atoms with Crippen LogP contribution < -0.4 is 5.32 Å². The lowest BCUT2D eigenvalue weighted by atomic mass is 9.99. The van der Waals surface area contributed by atoms with Gasteiger partial charge in [0.25, 0.3) is 0 Å². The number of anilines is 2. The Bertz CT molecular complexity index is 977. The molecule has 220 valence electrons. The summed E-state index contributed by atoms with van der Waals surface area (Å²) in [4.78, 5) is 0. The van der Waals surface area contributed by atoms with E-state index in [9.17, 15) is 0 Å². The molecule has 1 aliphatic rings. The SMILES string of the molecule is C/C=C(\O/C(=C/CC)C1CCC(c2cc(Nc3ccc(CC)c(CCC)c3)n[nH]2)C1)C(C)C.C=S.CC.CC. The van der Waals surface area contributed by atoms with Crippen LogP contribution in [-0.4, -0.2) is 16.1 Å². The highest BCUT2D eigenvalue weighted by Crippen LogP contribution is 2.42. The molecule has 5 heteroatoms. The number of nitrogens with zero attached hydrogens (tertiary/aromatic N) is 1. The Labute approximate surface area is 246 Å². The van der Waals surface area contributed by atoms with Gasteiger partial charge in [-0.2, -0.15) is 5.10 Å². The molecular formula is C34H57N3OS. The zero-order valence-corrected chi connectivity index (χ0v) is 27.4. The molecule has 0 bridgehead atoms. The molecule has 3 rings (SSSR count). The van der Waals surface area contributed by atoms with Gasteiger partial charge in [0.1, 0.15) is 11.5 Å². The molecule has 4 nitrogen and oxygen atoms in total. The summed E-state index contributed by atoms with van der Waals surface area (Å²) in [5.41, 5.74) is 5.23. The lowest BCUT2D eigenvalue weighted by molar-refractivity contribution is 0.223. The number of nitrogens with one attached hydrogen (secondary N) is 2. The van der Waals surface area contributed by atoms with Crippen LogP contribution >= 0.6 is 12.2 Å². The van der Waals surface area contributed by atoms with Crippen LogP contribution in [0.15, 0.2) is 47.9 Å². The summed E-state index contributed by atoms with van der Waals surface area (Å²) in [5.74, 6) is 7.33. The average molecular weight is 556 g/mol. The molecule has 1 heterocycles. The summed E-state index contributed by atoms with van der Waals surface area (Å²) in [6, 6.07) is 8.90. The maximum atomic E-state index is 6.39. The number of ether oxygens (including phenoxy) is 1. The predicted molar refractivity (Wildman–Crippen MR) is 177 cm³/mol. The van der Waals surface area contributed by atoms with Crippen LogP contribution in [-0.2, 0) is 17.6 Å². The van der Waals surface area contributed by atoms with Gasteiger partial charge in [0, 0.05) is 35.2 Å². The van der Waals surface area contributed by atoms with E-state index in [2.05, 4.69) is 112 Å². The highest BCUT2D eigenvalue weighted by Gasteiger charge is 2.31. The predicted octanol–water partition coefficient (Wildman–Crippen LogP) is 11.1. The van der Waals surface area contributed by atoms with Crippen molar-refractivity contribution in [1.82, 2.24) is 10.2 Å². The fourth-order valence-corrected chi connectivity index (χ4v) is 4.97. The number of rotatable bonds is 11. The number of aryl methyl sites for hydroxylation is 2. The molecule has 0 amide bonds. The molecule has 1 aromatic carbocycles. The molecule has 2 N–H and O–H groups in total. The number of aromatic amines is 1. The molecule has 2 aromatic rings. The third-order valence-electron chi connectivity index (χ3n) is 6.75. The largest absolute Gasteiger partial charge is 0.466 e. The minimum absolute atomic E-state index is 0.401. The molecule has 2 unspecified atom stereocenters. The first kappa shape index (κ1) is 36.6. The van der Waals surface area contributed by atoms with E-state index in [0.29, 0.717) is 17.8 Å². The third kappa shape index (κ3) is 11.7. The zero-order chi connectivity index (χ0) is 29.8. The number of aromatic nitrogens is 2. The number of hydrogen-bond donors (Lipinski definition) is 2. The summed E-state index contributed by atoms with van der Waals surface area (Å²) in [6.07, 6.45) is 12.2. The van der Waals surface area contributed by atoms with E-state index in [1.54, 1.807) is 0 Å². The molecule has 0 saturated heterocycles. The standard InChI is InChI=1S/C29H43N3O.2C2H6.CH2S/c1-7-11-22-18-25(16-15-21(22)9-3)30-29-19-26(31-32-29)23-13-14-24(17-23)28(12-8-2)33-27(10-4)20(5)6;3*1-2/h10,12,15-16,18-20,23-24H,7-9,11,13-14,17H2,1-6H3,(H2,30,31,32);2*1-2H3;1H2/b27-10-,28-12+;;;. The first-order valence-corrected chi connectivity index (χ1v) is 15.8. The number of allylic oxidation sites excluding steroid dienone is 4. The Balaban J connectivity index is 0.00000225. The smallest absolute Gasteiger partial charge is 0.152 e. The molecule has 1 saturated carbocycles. The zero-order valence-electron chi connectivity index (χ0n) is 26.6. The van der Waals surface area contributed by atoms with Gasteiger partial charge < -0.3 is 10.1 Å². The number of H-pyrrole nitrogens is 1. The van der Waals surface area contributed by atoms with E-state index >= 15 is 0 Å². The Morgan fingerprint density at radius 2 is 1.79 bits per heavy atom. The Hall–Kier alpha value is -2.40. The lowest BCUT2D eigenvalue weighted by Crippen LogP contribution is -2.07. The summed E-state index contributed by atoms with van der Waals surface area (Å²) in [5, 5.41) is 11.4. The fourth-order valence-electron chi connectivity index (χ4n) is 4.97. The van der Waals surface area contributed by atoms with Crippen molar-refractivity contribution in [2.45, 2.75) is 120 Å². The van der Waals surface area contributed by atoms with E-state index < -0.39 is 0 Å². The maximum absolute atomic E-state index is 6.39. The molecular weight excluding hydrogens is 498 g/mol. The maximum Gasteiger partial charge on any atom is 0.152 e. The van der Waals surface area contributed by atoms with Gasteiger partial charge in [0.15, 0.2) is 5.82 Å². The average Bonchev–Trinajstić information content (AvgIpc) is 3.65. The van der Waals surface area contributed by atoms with E-state index in [4.69, 9.17) is 4.74 Å². The van der Waals surface area contributed by atoms with Gasteiger partial charge in [-0.1, -0.05) is 87.0 Å². The van der Waals surface area contributed by atoms with Gasteiger partial charge in [-0.3, -0.25) is 5.10 Å². The van der Waals surface area contributed by atoms with Gasteiger partial charge in [0.2, 0.25) is 0 Å². The second-order valence-corrected chi connectivity index (χ2v) is 9.59. The van der Waals surface area contributed by atoms with Crippen LogP contribution in [0.2, 0.25) is 0 Å². The minimum Gasteiger partial charge on any atom is -0.466 e. The first-order valence-electron chi connectivity index (χ1n) is 15.3. The second-order valence-electron chi connectivity index (χ2n) is 9.59. The van der Waals surface area contributed by atoms with Crippen LogP contribution in [0.5, 0.6) is 0 Å². The molecule has 0 spiro atoms. The molecule has 39 heavy (non-hydrogen) atoms. The van der Waals surface area contributed by atoms with Crippen molar-refractivity contribution < 1.29 is 4.74 Å². The Morgan fingerprint density at radius 1 is 1.10 bits per heavy atom. The minimum atomic E-state index is 0.401. The fraction of sp³-hybridized carbons (Fsp3) is 0.588. The number of hydrogen-bond acceptors (Lipinski definition) is 4. The topological polar surface area (TPSA) is 49.9 Å². The highest BCUT2D eigenvalue weighted by molar-refractivity contribution is 7.77. The van der Waals surface area contributed by atoms with Gasteiger partial charge in [-0.05, 0) is 86.7 Å². The van der Waals surface area contributed by atoms with Crippen molar-refractivity contribution in [2.75, 3.05) is 5.32 Å². The van der Waals surface area contributed by atoms with E-state index in [-0.39, 0.29) is 0 Å². The molecule has 0 aliphatic heterocycles. The van der Waals surface area contributed by atoms with Crippen molar-refractivity contribution >= 4 is 29.6 Å². The van der Waals surface area contributed by atoms with Crippen LogP contribution in [0.4, 0.5) is 11.5 Å². The molecule has 1 aromatic heterocycles. The quantitative estimate of drug-likeness (QED) is 0.214. The van der Waals surface area contributed by atoms with Gasteiger partial charge in [-0.25, -0.2) is 0 Å².